The van der Waals surface area contributed by atoms with Gasteiger partial charge in [0.1, 0.15) is 0 Å². The molecule has 88 valence electrons. The van der Waals surface area contributed by atoms with Crippen LogP contribution in [0.5, 0.6) is 0 Å². The van der Waals surface area contributed by atoms with Crippen LogP contribution in [-0.2, 0) is 11.2 Å². The minimum Gasteiger partial charge on any atom is -0.378 e. The number of rotatable bonds is 3. The van der Waals surface area contributed by atoms with Gasteiger partial charge >= 0.3 is 0 Å². The predicted octanol–water partition coefficient (Wildman–Crippen LogP) is 2.60. The van der Waals surface area contributed by atoms with E-state index in [-0.39, 0.29) is 0 Å². The molecule has 1 aromatic carbocycles. The summed E-state index contributed by atoms with van der Waals surface area (Å²) in [7, 11) is 0. The molecule has 16 heavy (non-hydrogen) atoms. The highest BCUT2D eigenvalue weighted by molar-refractivity contribution is 14.1. The standard InChI is InChI=1S/C13H18INO/c1-10-8-16-9-13(15-10)7-4-11-2-5-12(14)6-3-11/h2-3,5-6,10,13,15H,4,7-9H2,1H3. The first-order valence-corrected chi connectivity index (χ1v) is 6.90. The molecule has 0 spiro atoms. The molecule has 0 saturated carbocycles. The molecule has 2 rings (SSSR count). The van der Waals surface area contributed by atoms with Gasteiger partial charge in [-0.05, 0) is 60.1 Å². The molecule has 2 unspecified atom stereocenters. The van der Waals surface area contributed by atoms with E-state index in [1.807, 2.05) is 0 Å². The zero-order chi connectivity index (χ0) is 11.4. The summed E-state index contributed by atoms with van der Waals surface area (Å²) in [5.41, 5.74) is 1.42. The summed E-state index contributed by atoms with van der Waals surface area (Å²) >= 11 is 2.34. The van der Waals surface area contributed by atoms with Crippen LogP contribution >= 0.6 is 22.6 Å². The third-order valence-corrected chi connectivity index (χ3v) is 3.62. The Hall–Kier alpha value is -0.130. The Morgan fingerprint density at radius 2 is 2.06 bits per heavy atom. The predicted molar refractivity (Wildman–Crippen MR) is 74.7 cm³/mol. The van der Waals surface area contributed by atoms with Gasteiger partial charge in [-0.25, -0.2) is 0 Å². The molecular weight excluding hydrogens is 313 g/mol. The van der Waals surface area contributed by atoms with Gasteiger partial charge in [-0.2, -0.15) is 0 Å². The number of aryl methyl sites for hydroxylation is 1. The third-order valence-electron chi connectivity index (χ3n) is 2.90. The summed E-state index contributed by atoms with van der Waals surface area (Å²) in [5, 5.41) is 3.57. The Morgan fingerprint density at radius 3 is 2.75 bits per heavy atom. The summed E-state index contributed by atoms with van der Waals surface area (Å²) in [4.78, 5) is 0. The number of hydrogen-bond acceptors (Lipinski definition) is 2. The molecule has 1 heterocycles. The van der Waals surface area contributed by atoms with Crippen LogP contribution in [0.25, 0.3) is 0 Å². The molecule has 1 saturated heterocycles. The van der Waals surface area contributed by atoms with Gasteiger partial charge in [0.05, 0.1) is 13.2 Å². The fraction of sp³-hybridized carbons (Fsp3) is 0.538. The second kappa shape index (κ2) is 5.98. The van der Waals surface area contributed by atoms with Crippen molar-refractivity contribution in [3.63, 3.8) is 0 Å². The van der Waals surface area contributed by atoms with E-state index >= 15 is 0 Å². The van der Waals surface area contributed by atoms with E-state index in [1.165, 1.54) is 9.13 Å². The van der Waals surface area contributed by atoms with Crippen LogP contribution in [0.3, 0.4) is 0 Å². The minimum atomic E-state index is 0.496. The molecule has 1 aliphatic heterocycles. The van der Waals surface area contributed by atoms with E-state index < -0.39 is 0 Å². The van der Waals surface area contributed by atoms with Crippen LogP contribution in [0.2, 0.25) is 0 Å². The van der Waals surface area contributed by atoms with Crippen molar-refractivity contribution in [2.75, 3.05) is 13.2 Å². The Balaban J connectivity index is 1.80. The molecule has 0 aliphatic carbocycles. The summed E-state index contributed by atoms with van der Waals surface area (Å²) < 4.78 is 6.84. The van der Waals surface area contributed by atoms with Crippen molar-refractivity contribution in [2.45, 2.75) is 31.8 Å². The first-order valence-electron chi connectivity index (χ1n) is 5.82. The molecular formula is C13H18INO. The lowest BCUT2D eigenvalue weighted by Crippen LogP contribution is -2.47. The van der Waals surface area contributed by atoms with Crippen molar-refractivity contribution in [2.24, 2.45) is 0 Å². The molecule has 1 aliphatic rings. The molecule has 0 bridgehead atoms. The largest absolute Gasteiger partial charge is 0.378 e. The van der Waals surface area contributed by atoms with E-state index in [0.717, 1.165) is 26.1 Å². The average molecular weight is 331 g/mol. The van der Waals surface area contributed by atoms with Gasteiger partial charge in [-0.15, -0.1) is 0 Å². The summed E-state index contributed by atoms with van der Waals surface area (Å²) in [6.07, 6.45) is 2.29. The van der Waals surface area contributed by atoms with Crippen molar-refractivity contribution < 1.29 is 4.74 Å². The second-order valence-corrected chi connectivity index (χ2v) is 5.71. The van der Waals surface area contributed by atoms with E-state index in [1.54, 1.807) is 0 Å². The number of benzene rings is 1. The number of nitrogens with one attached hydrogen (secondary N) is 1. The maximum Gasteiger partial charge on any atom is 0.0620 e. The average Bonchev–Trinajstić information content (AvgIpc) is 2.28. The Kier molecular flexibility index (Phi) is 4.61. The molecule has 1 aromatic rings. The zero-order valence-corrected chi connectivity index (χ0v) is 11.7. The van der Waals surface area contributed by atoms with Crippen molar-refractivity contribution >= 4 is 22.6 Å². The lowest BCUT2D eigenvalue weighted by Gasteiger charge is -2.29. The summed E-state index contributed by atoms with van der Waals surface area (Å²) in [6.45, 7) is 3.88. The maximum absolute atomic E-state index is 5.54. The summed E-state index contributed by atoms with van der Waals surface area (Å²) in [6, 6.07) is 9.79. The highest BCUT2D eigenvalue weighted by Gasteiger charge is 2.17. The SMILES string of the molecule is CC1COCC(CCc2ccc(I)cc2)N1. The molecule has 2 nitrogen and oxygen atoms in total. The van der Waals surface area contributed by atoms with Gasteiger partial charge in [0, 0.05) is 15.7 Å². The van der Waals surface area contributed by atoms with E-state index in [2.05, 4.69) is 59.1 Å². The maximum atomic E-state index is 5.54. The van der Waals surface area contributed by atoms with Gasteiger partial charge in [0.15, 0.2) is 0 Å². The minimum absolute atomic E-state index is 0.496. The van der Waals surface area contributed by atoms with Crippen molar-refractivity contribution in [1.29, 1.82) is 0 Å². The topological polar surface area (TPSA) is 21.3 Å². The lowest BCUT2D eigenvalue weighted by molar-refractivity contribution is 0.0483. The van der Waals surface area contributed by atoms with Crippen LogP contribution in [0.1, 0.15) is 18.9 Å². The number of halogens is 1. The second-order valence-electron chi connectivity index (χ2n) is 4.47. The number of hydrogen-bond donors (Lipinski definition) is 1. The Bertz CT molecular complexity index is 325. The molecule has 3 heteroatoms. The fourth-order valence-corrected chi connectivity index (χ4v) is 2.40. The van der Waals surface area contributed by atoms with Crippen molar-refractivity contribution in [1.82, 2.24) is 5.32 Å². The van der Waals surface area contributed by atoms with Crippen molar-refractivity contribution in [3.05, 3.63) is 33.4 Å². The zero-order valence-electron chi connectivity index (χ0n) is 9.58. The quantitative estimate of drug-likeness (QED) is 0.860. The first kappa shape index (κ1) is 12.3. The highest BCUT2D eigenvalue weighted by atomic mass is 127. The van der Waals surface area contributed by atoms with Gasteiger partial charge in [0.25, 0.3) is 0 Å². The van der Waals surface area contributed by atoms with Gasteiger partial charge in [0.2, 0.25) is 0 Å². The monoisotopic (exact) mass is 331 g/mol. The highest BCUT2D eigenvalue weighted by Crippen LogP contribution is 2.11. The molecule has 1 fully saturated rings. The third kappa shape index (κ3) is 3.71. The van der Waals surface area contributed by atoms with Gasteiger partial charge < -0.3 is 10.1 Å². The van der Waals surface area contributed by atoms with Crippen LogP contribution in [0.15, 0.2) is 24.3 Å². The van der Waals surface area contributed by atoms with Gasteiger partial charge in [-0.3, -0.25) is 0 Å². The fourth-order valence-electron chi connectivity index (χ4n) is 2.04. The number of ether oxygens (including phenoxy) is 1. The van der Waals surface area contributed by atoms with Crippen LogP contribution in [-0.4, -0.2) is 25.3 Å². The van der Waals surface area contributed by atoms with E-state index in [4.69, 9.17) is 4.74 Å². The molecule has 0 aromatic heterocycles. The van der Waals surface area contributed by atoms with Gasteiger partial charge in [-0.1, -0.05) is 12.1 Å². The Morgan fingerprint density at radius 1 is 1.31 bits per heavy atom. The molecule has 0 amide bonds. The van der Waals surface area contributed by atoms with Crippen LogP contribution in [0.4, 0.5) is 0 Å². The molecule has 2 atom stereocenters. The smallest absolute Gasteiger partial charge is 0.0620 e. The van der Waals surface area contributed by atoms with E-state index in [0.29, 0.717) is 12.1 Å². The van der Waals surface area contributed by atoms with Crippen LogP contribution < -0.4 is 5.32 Å². The Labute approximate surface area is 111 Å². The van der Waals surface area contributed by atoms with Crippen molar-refractivity contribution in [3.8, 4) is 0 Å². The summed E-state index contributed by atoms with van der Waals surface area (Å²) in [5.74, 6) is 0. The number of morpholine rings is 1. The first-order chi connectivity index (χ1) is 7.74. The molecule has 1 N–H and O–H groups in total. The normalized spacial score (nSPS) is 25.6. The van der Waals surface area contributed by atoms with E-state index in [9.17, 15) is 0 Å². The molecule has 0 radical (unpaired) electrons. The van der Waals surface area contributed by atoms with Crippen LogP contribution in [0, 0.1) is 3.57 Å². The lowest BCUT2D eigenvalue weighted by atomic mass is 10.0.